The lowest BCUT2D eigenvalue weighted by Crippen LogP contribution is -2.28. The van der Waals surface area contributed by atoms with Crippen LogP contribution in [-0.2, 0) is 6.54 Å². The van der Waals surface area contributed by atoms with Gasteiger partial charge in [0.1, 0.15) is 23.9 Å². The van der Waals surface area contributed by atoms with Gasteiger partial charge in [0.15, 0.2) is 0 Å². The molecule has 0 fully saturated rings. The molecule has 1 aliphatic heterocycles. The smallest absolute Gasteiger partial charge is 0.222 e. The fourth-order valence-corrected chi connectivity index (χ4v) is 4.25. The number of hydrogen-bond donors (Lipinski definition) is 2. The Balaban J connectivity index is 1.79. The lowest BCUT2D eigenvalue weighted by Gasteiger charge is -2.26. The quantitative estimate of drug-likeness (QED) is 0.665. The molecule has 1 aromatic heterocycles. The third-order valence-corrected chi connectivity index (χ3v) is 5.51. The van der Waals surface area contributed by atoms with Crippen molar-refractivity contribution >= 4 is 11.8 Å². The minimum absolute atomic E-state index is 0.256. The maximum atomic E-state index is 9.89. The van der Waals surface area contributed by atoms with Gasteiger partial charge in [-0.25, -0.2) is 4.98 Å². The predicted octanol–water partition coefficient (Wildman–Crippen LogP) is 4.57. The standard InChI is InChI=1S/C24H28N4O2/c1-14(2)21-16(4)26-24(25)27-23(21)28-8-9-30-22-15(3)10-18(11-19(22)13-28)17-6-5-7-20(29)12-17/h5-7,10-12,14,29H,8-9,13H2,1-4H3,(H2,25,26,27). The molecule has 0 spiro atoms. The number of ether oxygens (including phenoxy) is 1. The van der Waals surface area contributed by atoms with Crippen LogP contribution in [0.25, 0.3) is 11.1 Å². The van der Waals surface area contributed by atoms with Crippen LogP contribution in [0.15, 0.2) is 36.4 Å². The molecular formula is C24H28N4O2. The molecule has 0 radical (unpaired) electrons. The summed E-state index contributed by atoms with van der Waals surface area (Å²) in [5.74, 6) is 2.64. The van der Waals surface area contributed by atoms with Crippen molar-refractivity contribution in [3.8, 4) is 22.6 Å². The summed E-state index contributed by atoms with van der Waals surface area (Å²) in [5.41, 5.74) is 12.2. The minimum Gasteiger partial charge on any atom is -0.508 e. The van der Waals surface area contributed by atoms with E-state index in [2.05, 4.69) is 47.8 Å². The first kappa shape index (κ1) is 20.0. The number of aromatic hydroxyl groups is 1. The third kappa shape index (κ3) is 3.77. The average Bonchev–Trinajstić information content (AvgIpc) is 2.90. The number of nitrogens with zero attached hydrogens (tertiary/aromatic N) is 3. The Bertz CT molecular complexity index is 1090. The molecule has 0 saturated heterocycles. The minimum atomic E-state index is 0.256. The SMILES string of the molecule is Cc1cc(-c2cccc(O)c2)cc2c1OCCN(c1nc(N)nc(C)c1C(C)C)C2. The number of benzene rings is 2. The highest BCUT2D eigenvalue weighted by atomic mass is 16.5. The Morgan fingerprint density at radius 1 is 1.10 bits per heavy atom. The Morgan fingerprint density at radius 2 is 1.90 bits per heavy atom. The zero-order valence-corrected chi connectivity index (χ0v) is 17.9. The zero-order valence-electron chi connectivity index (χ0n) is 17.9. The summed E-state index contributed by atoms with van der Waals surface area (Å²) in [7, 11) is 0. The molecule has 6 nitrogen and oxygen atoms in total. The van der Waals surface area contributed by atoms with Crippen LogP contribution in [0.4, 0.5) is 11.8 Å². The number of rotatable bonds is 3. The van der Waals surface area contributed by atoms with Crippen LogP contribution in [0.5, 0.6) is 11.5 Å². The van der Waals surface area contributed by atoms with Crippen molar-refractivity contribution in [3.63, 3.8) is 0 Å². The molecular weight excluding hydrogens is 376 g/mol. The van der Waals surface area contributed by atoms with E-state index < -0.39 is 0 Å². The molecule has 30 heavy (non-hydrogen) atoms. The number of phenols is 1. The normalized spacial score (nSPS) is 13.7. The Kier molecular flexibility index (Phi) is 5.24. The molecule has 0 amide bonds. The highest BCUT2D eigenvalue weighted by Gasteiger charge is 2.24. The van der Waals surface area contributed by atoms with Crippen molar-refractivity contribution in [2.45, 2.75) is 40.2 Å². The number of hydrogen-bond acceptors (Lipinski definition) is 6. The predicted molar refractivity (Wildman–Crippen MR) is 120 cm³/mol. The van der Waals surface area contributed by atoms with Gasteiger partial charge in [0.2, 0.25) is 5.95 Å². The lowest BCUT2D eigenvalue weighted by molar-refractivity contribution is 0.329. The lowest BCUT2D eigenvalue weighted by atomic mass is 9.98. The highest BCUT2D eigenvalue weighted by Crippen LogP contribution is 2.36. The fourth-order valence-electron chi connectivity index (χ4n) is 4.25. The van der Waals surface area contributed by atoms with E-state index in [1.807, 2.05) is 19.1 Å². The highest BCUT2D eigenvalue weighted by molar-refractivity contribution is 5.69. The summed E-state index contributed by atoms with van der Waals surface area (Å²) < 4.78 is 6.14. The molecule has 2 heterocycles. The number of aromatic nitrogens is 2. The molecule has 0 atom stereocenters. The molecule has 0 unspecified atom stereocenters. The van der Waals surface area contributed by atoms with Gasteiger partial charge >= 0.3 is 0 Å². The number of nitrogen functional groups attached to an aromatic ring is 1. The summed E-state index contributed by atoms with van der Waals surface area (Å²) in [5, 5.41) is 9.89. The molecule has 0 bridgehead atoms. The van der Waals surface area contributed by atoms with Gasteiger partial charge < -0.3 is 20.5 Å². The molecule has 4 rings (SSSR count). The Labute approximate surface area is 177 Å². The summed E-state index contributed by atoms with van der Waals surface area (Å²) in [6.07, 6.45) is 0. The maximum Gasteiger partial charge on any atom is 0.222 e. The molecule has 2 aromatic carbocycles. The van der Waals surface area contributed by atoms with Crippen LogP contribution in [0, 0.1) is 13.8 Å². The van der Waals surface area contributed by atoms with Crippen LogP contribution in [0.2, 0.25) is 0 Å². The van der Waals surface area contributed by atoms with Crippen molar-refractivity contribution in [2.24, 2.45) is 0 Å². The van der Waals surface area contributed by atoms with Crippen molar-refractivity contribution < 1.29 is 9.84 Å². The topological polar surface area (TPSA) is 84.5 Å². The second-order valence-electron chi connectivity index (χ2n) is 8.16. The van der Waals surface area contributed by atoms with Crippen molar-refractivity contribution in [3.05, 3.63) is 58.8 Å². The van der Waals surface area contributed by atoms with E-state index in [9.17, 15) is 5.11 Å². The zero-order chi connectivity index (χ0) is 21.4. The second kappa shape index (κ2) is 7.86. The van der Waals surface area contributed by atoms with E-state index in [0.29, 0.717) is 25.6 Å². The first-order chi connectivity index (χ1) is 14.3. The van der Waals surface area contributed by atoms with Gasteiger partial charge in [0.05, 0.1) is 6.54 Å². The second-order valence-corrected chi connectivity index (χ2v) is 8.16. The van der Waals surface area contributed by atoms with Gasteiger partial charge in [-0.05, 0) is 60.7 Å². The fraction of sp³-hybridized carbons (Fsp3) is 0.333. The van der Waals surface area contributed by atoms with E-state index in [1.54, 1.807) is 12.1 Å². The number of nitrogens with two attached hydrogens (primary N) is 1. The largest absolute Gasteiger partial charge is 0.508 e. The summed E-state index contributed by atoms with van der Waals surface area (Å²) in [6, 6.07) is 11.6. The molecule has 6 heteroatoms. The summed E-state index contributed by atoms with van der Waals surface area (Å²) in [6.45, 7) is 10.3. The number of aryl methyl sites for hydroxylation is 2. The van der Waals surface area contributed by atoms with Gasteiger partial charge in [-0.15, -0.1) is 0 Å². The van der Waals surface area contributed by atoms with Crippen molar-refractivity contribution in [2.75, 3.05) is 23.8 Å². The maximum absolute atomic E-state index is 9.89. The van der Waals surface area contributed by atoms with Gasteiger partial charge in [0.25, 0.3) is 0 Å². The van der Waals surface area contributed by atoms with E-state index in [0.717, 1.165) is 45.1 Å². The first-order valence-corrected chi connectivity index (χ1v) is 10.3. The van der Waals surface area contributed by atoms with E-state index in [1.165, 1.54) is 0 Å². The van der Waals surface area contributed by atoms with E-state index >= 15 is 0 Å². The number of fused-ring (bicyclic) bond motifs is 1. The van der Waals surface area contributed by atoms with Crippen molar-refractivity contribution in [1.29, 1.82) is 0 Å². The van der Waals surface area contributed by atoms with Crippen LogP contribution >= 0.6 is 0 Å². The monoisotopic (exact) mass is 404 g/mol. The van der Waals surface area contributed by atoms with E-state index in [-0.39, 0.29) is 11.7 Å². The average molecular weight is 405 g/mol. The number of anilines is 2. The van der Waals surface area contributed by atoms with Gasteiger partial charge in [0, 0.05) is 23.4 Å². The third-order valence-electron chi connectivity index (χ3n) is 5.51. The number of phenolic OH excluding ortho intramolecular Hbond substituents is 1. The van der Waals surface area contributed by atoms with Gasteiger partial charge in [-0.2, -0.15) is 4.98 Å². The Hall–Kier alpha value is -3.28. The molecule has 1 aliphatic rings. The van der Waals surface area contributed by atoms with Crippen molar-refractivity contribution in [1.82, 2.24) is 9.97 Å². The van der Waals surface area contributed by atoms with Crippen LogP contribution in [0.3, 0.4) is 0 Å². The van der Waals surface area contributed by atoms with Crippen LogP contribution in [-0.4, -0.2) is 28.2 Å². The molecule has 0 aliphatic carbocycles. The van der Waals surface area contributed by atoms with Gasteiger partial charge in [-0.1, -0.05) is 26.0 Å². The molecule has 3 N–H and O–H groups in total. The molecule has 3 aromatic rings. The summed E-state index contributed by atoms with van der Waals surface area (Å²) >= 11 is 0. The summed E-state index contributed by atoms with van der Waals surface area (Å²) in [4.78, 5) is 11.2. The Morgan fingerprint density at radius 3 is 2.63 bits per heavy atom. The van der Waals surface area contributed by atoms with Crippen LogP contribution in [0.1, 0.15) is 42.1 Å². The molecule has 0 saturated carbocycles. The van der Waals surface area contributed by atoms with Crippen LogP contribution < -0.4 is 15.4 Å². The first-order valence-electron chi connectivity index (χ1n) is 10.3. The van der Waals surface area contributed by atoms with E-state index in [4.69, 9.17) is 10.5 Å². The molecule has 156 valence electrons. The van der Waals surface area contributed by atoms with Gasteiger partial charge in [-0.3, -0.25) is 0 Å².